The van der Waals surface area contributed by atoms with Gasteiger partial charge in [-0.15, -0.1) is 0 Å². The lowest BCUT2D eigenvalue weighted by Gasteiger charge is -2.21. The minimum Gasteiger partial charge on any atom is -0.322 e. The molecule has 29 heavy (non-hydrogen) atoms. The average molecular weight is 416 g/mol. The van der Waals surface area contributed by atoms with Crippen LogP contribution in [0.5, 0.6) is 0 Å². The van der Waals surface area contributed by atoms with E-state index >= 15 is 0 Å². The molecule has 0 aliphatic heterocycles. The number of nitrogens with zero attached hydrogens (tertiary/aromatic N) is 4. The summed E-state index contributed by atoms with van der Waals surface area (Å²) in [7, 11) is -0.239. The summed E-state index contributed by atoms with van der Waals surface area (Å²) in [4.78, 5) is 17.6. The van der Waals surface area contributed by atoms with Crippen molar-refractivity contribution in [2.24, 2.45) is 7.05 Å². The van der Waals surface area contributed by atoms with Gasteiger partial charge in [-0.1, -0.05) is 0 Å². The van der Waals surface area contributed by atoms with Gasteiger partial charge in [0.15, 0.2) is 5.65 Å². The zero-order valence-electron chi connectivity index (χ0n) is 17.4. The summed E-state index contributed by atoms with van der Waals surface area (Å²) in [6.45, 7) is 7.28. The number of benzene rings is 1. The van der Waals surface area contributed by atoms with Crippen LogP contribution in [-0.4, -0.2) is 46.5 Å². The first kappa shape index (κ1) is 20.9. The minimum absolute atomic E-state index is 0.153. The number of aryl methyl sites for hydroxylation is 3. The third kappa shape index (κ3) is 3.88. The molecule has 0 aliphatic rings. The van der Waals surface area contributed by atoms with Crippen LogP contribution in [0, 0.1) is 13.8 Å². The van der Waals surface area contributed by atoms with E-state index in [0.717, 1.165) is 5.69 Å². The summed E-state index contributed by atoms with van der Waals surface area (Å²) < 4.78 is 28.1. The summed E-state index contributed by atoms with van der Waals surface area (Å²) in [6, 6.07) is 7.72. The lowest BCUT2D eigenvalue weighted by Crippen LogP contribution is -2.33. The van der Waals surface area contributed by atoms with Gasteiger partial charge in [-0.05, 0) is 58.0 Å². The number of anilines is 1. The normalized spacial score (nSPS) is 12.1. The third-order valence-electron chi connectivity index (χ3n) is 4.86. The van der Waals surface area contributed by atoms with Crippen molar-refractivity contribution in [3.05, 3.63) is 47.3 Å². The summed E-state index contributed by atoms with van der Waals surface area (Å²) in [5, 5.41) is 7.89. The molecule has 0 saturated heterocycles. The monoisotopic (exact) mass is 415 g/mol. The molecule has 0 bridgehead atoms. The quantitative estimate of drug-likeness (QED) is 0.691. The highest BCUT2D eigenvalue weighted by Crippen LogP contribution is 2.24. The third-order valence-corrected chi connectivity index (χ3v) is 6.91. The van der Waals surface area contributed by atoms with Crippen molar-refractivity contribution in [3.8, 4) is 0 Å². The van der Waals surface area contributed by atoms with E-state index in [4.69, 9.17) is 0 Å². The molecule has 0 radical (unpaired) electrons. The van der Waals surface area contributed by atoms with Gasteiger partial charge in [0.2, 0.25) is 10.0 Å². The Hall–Kier alpha value is -2.78. The van der Waals surface area contributed by atoms with Gasteiger partial charge < -0.3 is 5.32 Å². The summed E-state index contributed by atoms with van der Waals surface area (Å²) in [5.74, 6) is -0.300. The molecular formula is C20H25N5O3S. The van der Waals surface area contributed by atoms with E-state index in [0.29, 0.717) is 28.0 Å². The second kappa shape index (κ2) is 7.57. The molecule has 0 spiro atoms. The van der Waals surface area contributed by atoms with Crippen LogP contribution in [0.3, 0.4) is 0 Å². The molecule has 154 valence electrons. The van der Waals surface area contributed by atoms with Gasteiger partial charge in [-0.25, -0.2) is 13.4 Å². The Morgan fingerprint density at radius 1 is 1.17 bits per heavy atom. The molecule has 3 rings (SSSR count). The average Bonchev–Trinajstić information content (AvgIpc) is 2.94. The van der Waals surface area contributed by atoms with Crippen molar-refractivity contribution in [2.45, 2.75) is 38.6 Å². The lowest BCUT2D eigenvalue weighted by atomic mass is 10.1. The number of hydrogen-bond acceptors (Lipinski definition) is 5. The van der Waals surface area contributed by atoms with Gasteiger partial charge in [0.25, 0.3) is 5.91 Å². The van der Waals surface area contributed by atoms with Gasteiger partial charge >= 0.3 is 0 Å². The van der Waals surface area contributed by atoms with E-state index in [9.17, 15) is 13.2 Å². The molecule has 0 fully saturated rings. The highest BCUT2D eigenvalue weighted by molar-refractivity contribution is 7.89. The van der Waals surface area contributed by atoms with Crippen LogP contribution in [0.2, 0.25) is 0 Å². The Labute approximate surface area is 170 Å². The Morgan fingerprint density at radius 3 is 2.38 bits per heavy atom. The Kier molecular flexibility index (Phi) is 5.46. The highest BCUT2D eigenvalue weighted by atomic mass is 32.2. The predicted octanol–water partition coefficient (Wildman–Crippen LogP) is 2.87. The summed E-state index contributed by atoms with van der Waals surface area (Å²) in [5.41, 5.74) is 3.06. The number of carbonyl (C=O) groups is 1. The number of amides is 1. The number of sulfonamides is 1. The van der Waals surface area contributed by atoms with Crippen LogP contribution >= 0.6 is 0 Å². The van der Waals surface area contributed by atoms with E-state index < -0.39 is 10.0 Å². The van der Waals surface area contributed by atoms with Crippen molar-refractivity contribution < 1.29 is 13.2 Å². The first-order valence-corrected chi connectivity index (χ1v) is 10.7. The Morgan fingerprint density at radius 2 is 1.79 bits per heavy atom. The van der Waals surface area contributed by atoms with Crippen LogP contribution in [0.4, 0.5) is 5.69 Å². The topological polar surface area (TPSA) is 97.2 Å². The zero-order valence-corrected chi connectivity index (χ0v) is 18.2. The molecular weight excluding hydrogens is 390 g/mol. The number of nitrogens with one attached hydrogen (secondary N) is 1. The molecule has 2 aromatic heterocycles. The molecule has 0 saturated carbocycles. The van der Waals surface area contributed by atoms with Crippen molar-refractivity contribution in [1.82, 2.24) is 19.1 Å². The van der Waals surface area contributed by atoms with Crippen molar-refractivity contribution in [2.75, 3.05) is 12.4 Å². The number of hydrogen-bond donors (Lipinski definition) is 1. The van der Waals surface area contributed by atoms with E-state index in [1.807, 2.05) is 27.7 Å². The smallest absolute Gasteiger partial charge is 0.256 e. The van der Waals surface area contributed by atoms with Gasteiger partial charge in [-0.2, -0.15) is 9.40 Å². The van der Waals surface area contributed by atoms with Gasteiger partial charge in [0, 0.05) is 31.5 Å². The molecule has 8 nitrogen and oxygen atoms in total. The van der Waals surface area contributed by atoms with Crippen molar-refractivity contribution in [1.29, 1.82) is 0 Å². The molecule has 0 aliphatic carbocycles. The van der Waals surface area contributed by atoms with Crippen molar-refractivity contribution in [3.63, 3.8) is 0 Å². The second-order valence-corrected chi connectivity index (χ2v) is 9.31. The van der Waals surface area contributed by atoms with Gasteiger partial charge in [0.05, 0.1) is 21.5 Å². The molecule has 3 aromatic rings. The Bertz CT molecular complexity index is 1180. The first-order chi connectivity index (χ1) is 13.5. The number of pyridine rings is 1. The predicted molar refractivity (Wildman–Crippen MR) is 112 cm³/mol. The van der Waals surface area contributed by atoms with Crippen LogP contribution in [-0.2, 0) is 17.1 Å². The maximum atomic E-state index is 12.9. The molecule has 1 N–H and O–H groups in total. The molecule has 0 unspecified atom stereocenters. The number of carbonyl (C=O) groups excluding carboxylic acids is 1. The number of fused-ring (bicyclic) bond motifs is 1. The van der Waals surface area contributed by atoms with Gasteiger partial charge in [-0.3, -0.25) is 9.48 Å². The standard InChI is InChI=1S/C20H25N5O3S/c1-12(2)25(6)29(27,28)16-9-7-15(8-10-16)22-20(26)17-11-13(3)21-19-18(17)14(4)23-24(19)5/h7-12H,1-6H3,(H,22,26). The van der Waals surface area contributed by atoms with E-state index in [-0.39, 0.29) is 16.8 Å². The van der Waals surface area contributed by atoms with E-state index in [2.05, 4.69) is 15.4 Å². The fourth-order valence-electron chi connectivity index (χ4n) is 3.10. The SMILES string of the molecule is Cc1cc(C(=O)Nc2ccc(S(=O)(=O)N(C)C(C)C)cc2)c2c(C)nn(C)c2n1. The Balaban J connectivity index is 1.90. The van der Waals surface area contributed by atoms with E-state index in [1.54, 1.807) is 37.0 Å². The molecule has 0 atom stereocenters. The molecule has 9 heteroatoms. The molecule has 1 aromatic carbocycles. The maximum Gasteiger partial charge on any atom is 0.256 e. The number of rotatable bonds is 5. The van der Waals surface area contributed by atoms with E-state index in [1.165, 1.54) is 16.4 Å². The minimum atomic E-state index is -3.57. The summed E-state index contributed by atoms with van der Waals surface area (Å²) in [6.07, 6.45) is 0. The fourth-order valence-corrected chi connectivity index (χ4v) is 4.47. The maximum absolute atomic E-state index is 12.9. The lowest BCUT2D eigenvalue weighted by molar-refractivity contribution is 0.102. The van der Waals surface area contributed by atoms with Crippen LogP contribution in [0.15, 0.2) is 35.2 Å². The zero-order chi connectivity index (χ0) is 21.5. The van der Waals surface area contributed by atoms with Gasteiger partial charge in [0.1, 0.15) is 0 Å². The fraction of sp³-hybridized carbons (Fsp3) is 0.350. The van der Waals surface area contributed by atoms with Crippen molar-refractivity contribution >= 4 is 32.7 Å². The second-order valence-electron chi connectivity index (χ2n) is 7.31. The van der Waals surface area contributed by atoms with Crippen LogP contribution < -0.4 is 5.32 Å². The molecule has 2 heterocycles. The van der Waals surface area contributed by atoms with Crippen LogP contribution in [0.1, 0.15) is 35.6 Å². The largest absolute Gasteiger partial charge is 0.322 e. The number of aromatic nitrogens is 3. The first-order valence-electron chi connectivity index (χ1n) is 9.22. The van der Waals surface area contributed by atoms with Crippen LogP contribution in [0.25, 0.3) is 11.0 Å². The summed E-state index contributed by atoms with van der Waals surface area (Å²) >= 11 is 0. The molecule has 1 amide bonds. The highest BCUT2D eigenvalue weighted by Gasteiger charge is 2.23.